The van der Waals surface area contributed by atoms with Gasteiger partial charge in [-0.1, -0.05) is 32.0 Å². The van der Waals surface area contributed by atoms with E-state index in [1.807, 2.05) is 56.3 Å². The SMILES string of the molecule is CC(C)C(=O)Cc1ccc2nc(Nc3ccccc3Br)oc2c1. The number of benzene rings is 2. The number of carbonyl (C=O) groups is 1. The lowest BCUT2D eigenvalue weighted by atomic mass is 10.0. The Bertz CT molecular complexity index is 855. The van der Waals surface area contributed by atoms with E-state index in [1.165, 1.54) is 0 Å². The van der Waals surface area contributed by atoms with Crippen molar-refractivity contribution in [3.8, 4) is 0 Å². The quantitative estimate of drug-likeness (QED) is 0.676. The summed E-state index contributed by atoms with van der Waals surface area (Å²) < 4.78 is 6.69. The van der Waals surface area contributed by atoms with Crippen LogP contribution in [0.15, 0.2) is 51.4 Å². The number of anilines is 2. The second kappa shape index (κ2) is 6.54. The molecule has 0 atom stereocenters. The third kappa shape index (κ3) is 3.62. The number of nitrogens with one attached hydrogen (secondary N) is 1. The zero-order valence-electron chi connectivity index (χ0n) is 13.0. The molecule has 1 aromatic heterocycles. The van der Waals surface area contributed by atoms with Crippen molar-refractivity contribution in [3.05, 3.63) is 52.5 Å². The topological polar surface area (TPSA) is 55.1 Å². The number of rotatable bonds is 5. The number of hydrogen-bond donors (Lipinski definition) is 1. The Hall–Kier alpha value is -2.14. The van der Waals surface area contributed by atoms with Gasteiger partial charge in [0.1, 0.15) is 11.3 Å². The predicted molar refractivity (Wildman–Crippen MR) is 95.0 cm³/mol. The zero-order valence-corrected chi connectivity index (χ0v) is 14.6. The number of ketones is 1. The van der Waals surface area contributed by atoms with E-state index in [4.69, 9.17) is 4.42 Å². The standard InChI is InChI=1S/C18H17BrN2O2/c1-11(2)16(22)9-12-7-8-15-17(10-12)23-18(21-15)20-14-6-4-3-5-13(14)19/h3-8,10-11H,9H2,1-2H3,(H,20,21). The molecule has 0 saturated carbocycles. The van der Waals surface area contributed by atoms with Crippen LogP contribution in [0.5, 0.6) is 0 Å². The summed E-state index contributed by atoms with van der Waals surface area (Å²) in [6.45, 7) is 3.82. The summed E-state index contributed by atoms with van der Waals surface area (Å²) in [7, 11) is 0. The van der Waals surface area contributed by atoms with Crippen molar-refractivity contribution in [1.82, 2.24) is 4.98 Å². The van der Waals surface area contributed by atoms with Crippen LogP contribution in [0.3, 0.4) is 0 Å². The van der Waals surface area contributed by atoms with Gasteiger partial charge >= 0.3 is 0 Å². The van der Waals surface area contributed by atoms with E-state index in [9.17, 15) is 4.79 Å². The molecule has 0 spiro atoms. The molecule has 3 rings (SSSR count). The monoisotopic (exact) mass is 372 g/mol. The molecule has 0 fully saturated rings. The Morgan fingerprint density at radius 3 is 2.78 bits per heavy atom. The molecule has 0 aliphatic rings. The molecular formula is C18H17BrN2O2. The van der Waals surface area contributed by atoms with Crippen molar-refractivity contribution >= 4 is 44.5 Å². The number of Topliss-reactive ketones (excluding diaryl/α,β-unsaturated/α-hetero) is 1. The number of carbonyl (C=O) groups excluding carboxylic acids is 1. The largest absolute Gasteiger partial charge is 0.423 e. The number of oxazole rings is 1. The first-order valence-corrected chi connectivity index (χ1v) is 8.26. The fraction of sp³-hybridized carbons (Fsp3) is 0.222. The van der Waals surface area contributed by atoms with Crippen molar-refractivity contribution in [3.63, 3.8) is 0 Å². The van der Waals surface area contributed by atoms with Crippen LogP contribution in [0.25, 0.3) is 11.1 Å². The minimum Gasteiger partial charge on any atom is -0.423 e. The summed E-state index contributed by atoms with van der Waals surface area (Å²) in [5.74, 6) is 0.253. The van der Waals surface area contributed by atoms with E-state index in [0.717, 1.165) is 21.2 Å². The Kier molecular flexibility index (Phi) is 4.48. The minimum atomic E-state index is 0.0353. The molecule has 0 aliphatic heterocycles. The first-order valence-electron chi connectivity index (χ1n) is 7.46. The average molecular weight is 373 g/mol. The summed E-state index contributed by atoms with van der Waals surface area (Å²) in [6, 6.07) is 13.9. The second-order valence-corrected chi connectivity index (χ2v) is 6.58. The molecule has 0 unspecified atom stereocenters. The van der Waals surface area contributed by atoms with E-state index in [-0.39, 0.29) is 11.7 Å². The lowest BCUT2D eigenvalue weighted by Gasteiger charge is -2.03. The van der Waals surface area contributed by atoms with Crippen LogP contribution in [0, 0.1) is 5.92 Å². The van der Waals surface area contributed by atoms with Gasteiger partial charge in [-0.3, -0.25) is 4.79 Å². The molecular weight excluding hydrogens is 356 g/mol. The second-order valence-electron chi connectivity index (χ2n) is 5.72. The van der Waals surface area contributed by atoms with Crippen LogP contribution >= 0.6 is 15.9 Å². The number of aromatic nitrogens is 1. The number of fused-ring (bicyclic) bond motifs is 1. The van der Waals surface area contributed by atoms with Crippen LogP contribution in [-0.4, -0.2) is 10.8 Å². The molecule has 0 amide bonds. The fourth-order valence-electron chi connectivity index (χ4n) is 2.22. The Morgan fingerprint density at radius 2 is 2.04 bits per heavy atom. The Labute approximate surface area is 143 Å². The molecule has 1 heterocycles. The third-order valence-electron chi connectivity index (χ3n) is 3.59. The maximum atomic E-state index is 11.9. The van der Waals surface area contributed by atoms with E-state index in [1.54, 1.807) is 0 Å². The highest BCUT2D eigenvalue weighted by Gasteiger charge is 2.11. The molecule has 0 bridgehead atoms. The summed E-state index contributed by atoms with van der Waals surface area (Å²) in [6.07, 6.45) is 0.418. The van der Waals surface area contributed by atoms with Gasteiger partial charge in [0.25, 0.3) is 6.01 Å². The lowest BCUT2D eigenvalue weighted by Crippen LogP contribution is -2.09. The number of nitrogens with zero attached hydrogens (tertiary/aromatic N) is 1. The van der Waals surface area contributed by atoms with Crippen LogP contribution in [0.2, 0.25) is 0 Å². The lowest BCUT2D eigenvalue weighted by molar-refractivity contribution is -0.121. The maximum absolute atomic E-state index is 11.9. The molecule has 23 heavy (non-hydrogen) atoms. The van der Waals surface area contributed by atoms with E-state index >= 15 is 0 Å². The molecule has 4 nitrogen and oxygen atoms in total. The van der Waals surface area contributed by atoms with Gasteiger partial charge < -0.3 is 9.73 Å². The van der Waals surface area contributed by atoms with Gasteiger partial charge in [0.2, 0.25) is 0 Å². The maximum Gasteiger partial charge on any atom is 0.300 e. The highest BCUT2D eigenvalue weighted by atomic mass is 79.9. The smallest absolute Gasteiger partial charge is 0.300 e. The van der Waals surface area contributed by atoms with Crippen molar-refractivity contribution < 1.29 is 9.21 Å². The molecule has 0 saturated heterocycles. The van der Waals surface area contributed by atoms with Crippen LogP contribution in [-0.2, 0) is 11.2 Å². The van der Waals surface area contributed by atoms with Crippen LogP contribution in [0.4, 0.5) is 11.7 Å². The van der Waals surface area contributed by atoms with Gasteiger partial charge in [0.15, 0.2) is 5.58 Å². The van der Waals surface area contributed by atoms with Gasteiger partial charge in [-0.15, -0.1) is 0 Å². The summed E-state index contributed by atoms with van der Waals surface area (Å²) in [5, 5.41) is 3.15. The summed E-state index contributed by atoms with van der Waals surface area (Å²) in [5.41, 5.74) is 3.27. The Balaban J connectivity index is 1.85. The molecule has 5 heteroatoms. The molecule has 3 aromatic rings. The first-order chi connectivity index (χ1) is 11.0. The van der Waals surface area contributed by atoms with E-state index in [0.29, 0.717) is 18.0 Å². The fourth-order valence-corrected chi connectivity index (χ4v) is 2.60. The van der Waals surface area contributed by atoms with E-state index < -0.39 is 0 Å². The van der Waals surface area contributed by atoms with Crippen LogP contribution in [0.1, 0.15) is 19.4 Å². The van der Waals surface area contributed by atoms with Crippen molar-refractivity contribution in [2.45, 2.75) is 20.3 Å². The van der Waals surface area contributed by atoms with Crippen molar-refractivity contribution in [2.75, 3.05) is 5.32 Å². The predicted octanol–water partition coefficient (Wildman–Crippen LogP) is 5.10. The zero-order chi connectivity index (χ0) is 16.4. The number of hydrogen-bond acceptors (Lipinski definition) is 4. The molecule has 1 N–H and O–H groups in total. The van der Waals surface area contributed by atoms with Gasteiger partial charge in [-0.2, -0.15) is 4.98 Å². The highest BCUT2D eigenvalue weighted by molar-refractivity contribution is 9.10. The van der Waals surface area contributed by atoms with Gasteiger partial charge in [-0.05, 0) is 45.8 Å². The molecule has 118 valence electrons. The molecule has 2 aromatic carbocycles. The van der Waals surface area contributed by atoms with Crippen molar-refractivity contribution in [1.29, 1.82) is 0 Å². The first kappa shape index (κ1) is 15.7. The molecule has 0 radical (unpaired) electrons. The normalized spacial score (nSPS) is 11.1. The number of halogens is 1. The van der Waals surface area contributed by atoms with Crippen molar-refractivity contribution in [2.24, 2.45) is 5.92 Å². The van der Waals surface area contributed by atoms with Gasteiger partial charge in [-0.25, -0.2) is 0 Å². The number of para-hydroxylation sites is 1. The summed E-state index contributed by atoms with van der Waals surface area (Å²) in [4.78, 5) is 16.3. The minimum absolute atomic E-state index is 0.0353. The molecule has 0 aliphatic carbocycles. The van der Waals surface area contributed by atoms with Gasteiger partial charge in [0.05, 0.1) is 5.69 Å². The highest BCUT2D eigenvalue weighted by Crippen LogP contribution is 2.27. The average Bonchev–Trinajstić information content (AvgIpc) is 2.91. The van der Waals surface area contributed by atoms with Gasteiger partial charge in [0, 0.05) is 16.8 Å². The van der Waals surface area contributed by atoms with E-state index in [2.05, 4.69) is 26.2 Å². The summed E-state index contributed by atoms with van der Waals surface area (Å²) >= 11 is 3.48. The van der Waals surface area contributed by atoms with Crippen LogP contribution < -0.4 is 5.32 Å². The third-order valence-corrected chi connectivity index (χ3v) is 4.28. The Morgan fingerprint density at radius 1 is 1.26 bits per heavy atom.